The summed E-state index contributed by atoms with van der Waals surface area (Å²) in [7, 11) is -3.11. The molecule has 3 unspecified atom stereocenters. The van der Waals surface area contributed by atoms with Gasteiger partial charge in [-0.1, -0.05) is 0 Å². The van der Waals surface area contributed by atoms with Gasteiger partial charge in [0.2, 0.25) is 15.9 Å². The largest absolute Gasteiger partial charge is 0.382 e. The van der Waals surface area contributed by atoms with Gasteiger partial charge >= 0.3 is 0 Å². The van der Waals surface area contributed by atoms with Crippen LogP contribution >= 0.6 is 0 Å². The number of nitrogens with zero attached hydrogens (tertiary/aromatic N) is 2. The molecule has 2 saturated carbocycles. The molecule has 4 N–H and O–H groups in total. The lowest BCUT2D eigenvalue weighted by Gasteiger charge is -2.36. The van der Waals surface area contributed by atoms with Crippen molar-refractivity contribution in [3.8, 4) is 0 Å². The highest BCUT2D eigenvalue weighted by Gasteiger charge is 2.37. The van der Waals surface area contributed by atoms with Crippen molar-refractivity contribution in [3.05, 3.63) is 24.3 Å². The van der Waals surface area contributed by atoms with E-state index in [-0.39, 0.29) is 23.6 Å². The van der Waals surface area contributed by atoms with Crippen LogP contribution in [0.4, 0.5) is 11.4 Å². The van der Waals surface area contributed by atoms with E-state index < -0.39 is 10.0 Å². The highest BCUT2D eigenvalue weighted by molar-refractivity contribution is 7.89. The van der Waals surface area contributed by atoms with Gasteiger partial charge in [-0.05, 0) is 63.3 Å². The first-order valence-corrected chi connectivity index (χ1v) is 13.1. The van der Waals surface area contributed by atoms with Crippen LogP contribution in [-0.4, -0.2) is 68.7 Å². The van der Waals surface area contributed by atoms with Crippen molar-refractivity contribution in [2.24, 2.45) is 11.7 Å². The van der Waals surface area contributed by atoms with E-state index >= 15 is 0 Å². The Hall–Kier alpha value is -1.84. The van der Waals surface area contributed by atoms with Crippen molar-refractivity contribution >= 4 is 27.3 Å². The van der Waals surface area contributed by atoms with Crippen LogP contribution < -0.4 is 21.3 Å². The number of benzene rings is 1. The van der Waals surface area contributed by atoms with Crippen molar-refractivity contribution in [3.63, 3.8) is 0 Å². The molecule has 31 heavy (non-hydrogen) atoms. The average Bonchev–Trinajstić information content (AvgIpc) is 3.58. The Balaban J connectivity index is 1.31. The van der Waals surface area contributed by atoms with E-state index in [4.69, 9.17) is 5.73 Å². The second-order valence-electron chi connectivity index (χ2n) is 9.04. The zero-order valence-electron chi connectivity index (χ0n) is 18.3. The Labute approximate surface area is 185 Å². The molecule has 172 valence electrons. The van der Waals surface area contributed by atoms with Gasteiger partial charge < -0.3 is 21.3 Å². The third kappa shape index (κ3) is 5.51. The van der Waals surface area contributed by atoms with E-state index in [0.717, 1.165) is 30.6 Å². The minimum atomic E-state index is -3.11. The van der Waals surface area contributed by atoms with E-state index in [0.29, 0.717) is 38.3 Å². The summed E-state index contributed by atoms with van der Waals surface area (Å²) in [6.45, 7) is 4.18. The van der Waals surface area contributed by atoms with Crippen molar-refractivity contribution in [2.45, 2.75) is 57.2 Å². The lowest BCUT2D eigenvalue weighted by Crippen LogP contribution is -2.50. The first-order valence-electron chi connectivity index (χ1n) is 11.5. The number of carbonyl (C=O) groups is 1. The van der Waals surface area contributed by atoms with Crippen molar-refractivity contribution < 1.29 is 13.2 Å². The van der Waals surface area contributed by atoms with Crippen LogP contribution in [0.25, 0.3) is 0 Å². The number of carbonyl (C=O) groups excluding carboxylic acids is 1. The summed E-state index contributed by atoms with van der Waals surface area (Å²) < 4.78 is 25.7. The van der Waals surface area contributed by atoms with Crippen LogP contribution in [-0.2, 0) is 14.8 Å². The van der Waals surface area contributed by atoms with E-state index in [2.05, 4.69) is 39.8 Å². The molecule has 8 nitrogen and oxygen atoms in total. The smallest absolute Gasteiger partial charge is 0.222 e. The van der Waals surface area contributed by atoms with Gasteiger partial charge in [-0.2, -0.15) is 4.31 Å². The summed E-state index contributed by atoms with van der Waals surface area (Å²) in [6, 6.07) is 9.41. The molecule has 3 atom stereocenters. The molecule has 0 aromatic heterocycles. The molecule has 9 heteroatoms. The van der Waals surface area contributed by atoms with Crippen LogP contribution in [0.5, 0.6) is 0 Å². The van der Waals surface area contributed by atoms with Crippen molar-refractivity contribution in [1.29, 1.82) is 0 Å². The lowest BCUT2D eigenvalue weighted by atomic mass is 9.81. The number of hydrogen-bond donors (Lipinski definition) is 3. The van der Waals surface area contributed by atoms with Gasteiger partial charge in [0.05, 0.1) is 11.7 Å². The van der Waals surface area contributed by atoms with E-state index in [1.165, 1.54) is 12.8 Å². The number of rotatable bonds is 8. The molecule has 3 fully saturated rings. The fourth-order valence-electron chi connectivity index (χ4n) is 4.79. The third-order valence-electron chi connectivity index (χ3n) is 6.84. The highest BCUT2D eigenvalue weighted by atomic mass is 32.2. The third-order valence-corrected chi connectivity index (χ3v) is 8.72. The summed E-state index contributed by atoms with van der Waals surface area (Å²) >= 11 is 0. The summed E-state index contributed by atoms with van der Waals surface area (Å²) in [6.07, 6.45) is 5.05. The van der Waals surface area contributed by atoms with Crippen LogP contribution in [0, 0.1) is 5.92 Å². The fraction of sp³-hybridized carbons (Fsp3) is 0.682. The standard InChI is InChI=1S/C22H35N5O3S/c1-2-31(29,30)27-13-11-26(12-14-27)19-8-5-16(6-9-19)24-18-7-10-20(22(23)28)21(15-18)25-17-3-4-17/h5-6,8-9,17-18,20-21,24-25H,2-4,7,10-15H2,1H3,(H2,23,28). The predicted octanol–water partition coefficient (Wildman–Crippen LogP) is 1.34. The Morgan fingerprint density at radius 3 is 2.26 bits per heavy atom. The molecule has 0 spiro atoms. The molecule has 1 aliphatic heterocycles. The van der Waals surface area contributed by atoms with Gasteiger partial charge in [0.25, 0.3) is 0 Å². The number of nitrogens with two attached hydrogens (primary N) is 1. The summed E-state index contributed by atoms with van der Waals surface area (Å²) in [5.74, 6) is -0.102. The second-order valence-corrected chi connectivity index (χ2v) is 11.3. The first kappa shape index (κ1) is 22.4. The number of nitrogens with one attached hydrogen (secondary N) is 2. The zero-order valence-corrected chi connectivity index (χ0v) is 19.1. The molecule has 1 aromatic rings. The Morgan fingerprint density at radius 2 is 1.68 bits per heavy atom. The second kappa shape index (κ2) is 9.34. The molecule has 4 rings (SSSR count). The van der Waals surface area contributed by atoms with Crippen molar-refractivity contribution in [1.82, 2.24) is 9.62 Å². The summed E-state index contributed by atoms with van der Waals surface area (Å²) in [5.41, 5.74) is 7.83. The monoisotopic (exact) mass is 449 g/mol. The molecule has 1 amide bonds. The maximum Gasteiger partial charge on any atom is 0.222 e. The molecular formula is C22H35N5O3S. The van der Waals surface area contributed by atoms with Gasteiger partial charge in [0.1, 0.15) is 0 Å². The van der Waals surface area contributed by atoms with Crippen molar-refractivity contribution in [2.75, 3.05) is 42.1 Å². The normalized spacial score (nSPS) is 27.8. The molecule has 1 saturated heterocycles. The molecule has 1 aromatic carbocycles. The molecule has 1 heterocycles. The minimum Gasteiger partial charge on any atom is -0.382 e. The minimum absolute atomic E-state index is 0.0729. The number of hydrogen-bond acceptors (Lipinski definition) is 6. The predicted molar refractivity (Wildman–Crippen MR) is 124 cm³/mol. The maximum atomic E-state index is 12.0. The van der Waals surface area contributed by atoms with Crippen LogP contribution in [0.15, 0.2) is 24.3 Å². The quantitative estimate of drug-likeness (QED) is 0.553. The number of amides is 1. The molecule has 2 aliphatic carbocycles. The van der Waals surface area contributed by atoms with Gasteiger partial charge in [0, 0.05) is 55.7 Å². The molecule has 3 aliphatic rings. The zero-order chi connectivity index (χ0) is 22.0. The average molecular weight is 450 g/mol. The Bertz CT molecular complexity index is 864. The Morgan fingerprint density at radius 1 is 1.03 bits per heavy atom. The van der Waals surface area contributed by atoms with Gasteiger partial charge in [-0.15, -0.1) is 0 Å². The van der Waals surface area contributed by atoms with Gasteiger partial charge in [-0.25, -0.2) is 8.42 Å². The number of piperazine rings is 1. The SMILES string of the molecule is CCS(=O)(=O)N1CCN(c2ccc(NC3CCC(C(N)=O)C(NC4CC4)C3)cc2)CC1. The number of primary amides is 1. The van der Waals surface area contributed by atoms with Crippen LogP contribution in [0.2, 0.25) is 0 Å². The maximum absolute atomic E-state index is 12.0. The van der Waals surface area contributed by atoms with Gasteiger partial charge in [-0.3, -0.25) is 4.79 Å². The number of anilines is 2. The van der Waals surface area contributed by atoms with E-state index in [1.54, 1.807) is 11.2 Å². The Kier molecular flexibility index (Phi) is 6.74. The lowest BCUT2D eigenvalue weighted by molar-refractivity contribution is -0.123. The van der Waals surface area contributed by atoms with Crippen LogP contribution in [0.1, 0.15) is 39.0 Å². The fourth-order valence-corrected chi connectivity index (χ4v) is 5.88. The summed E-state index contributed by atoms with van der Waals surface area (Å²) in [4.78, 5) is 14.1. The van der Waals surface area contributed by atoms with E-state index in [1.807, 2.05) is 0 Å². The summed E-state index contributed by atoms with van der Waals surface area (Å²) in [5, 5.41) is 7.25. The van der Waals surface area contributed by atoms with E-state index in [9.17, 15) is 13.2 Å². The highest BCUT2D eigenvalue weighted by Crippen LogP contribution is 2.31. The van der Waals surface area contributed by atoms with Gasteiger partial charge in [0.15, 0.2) is 0 Å². The molecule has 0 bridgehead atoms. The van der Waals surface area contributed by atoms with Crippen LogP contribution in [0.3, 0.4) is 0 Å². The first-order chi connectivity index (χ1) is 14.9. The molecular weight excluding hydrogens is 414 g/mol. The molecule has 0 radical (unpaired) electrons. The number of sulfonamides is 1. The topological polar surface area (TPSA) is 108 Å².